The molecule has 10 heavy (non-hydrogen) atoms. The number of aliphatic carboxylic acids is 1. The maximum Gasteiger partial charge on any atom is 0.310 e. The molecule has 0 unspecified atom stereocenters. The van der Waals surface area contributed by atoms with Crippen LogP contribution in [0.1, 0.15) is 25.7 Å². The second kappa shape index (κ2) is 2.86. The van der Waals surface area contributed by atoms with E-state index in [0.717, 1.165) is 31.3 Å². The molecule has 0 amide bonds. The van der Waals surface area contributed by atoms with E-state index in [1.165, 1.54) is 0 Å². The predicted molar refractivity (Wildman–Crippen MR) is 38.7 cm³/mol. The number of hydrogen-bond acceptors (Lipinski definition) is 1. The number of carboxylic acid groups (broad SMARTS) is 1. The first kappa shape index (κ1) is 7.32. The van der Waals surface area contributed by atoms with E-state index in [4.69, 9.17) is 5.11 Å². The fourth-order valence-electron chi connectivity index (χ4n) is 1.38. The summed E-state index contributed by atoms with van der Waals surface area (Å²) < 4.78 is 0. The molecular formula is C8H12O2. The van der Waals surface area contributed by atoms with Crippen LogP contribution in [-0.4, -0.2) is 11.1 Å². The van der Waals surface area contributed by atoms with Crippen molar-refractivity contribution in [2.24, 2.45) is 5.92 Å². The fourth-order valence-corrected chi connectivity index (χ4v) is 1.38. The Bertz CT molecular complexity index is 161. The summed E-state index contributed by atoms with van der Waals surface area (Å²) in [6.07, 6.45) is 3.84. The molecule has 0 aromatic carbocycles. The molecule has 2 heteroatoms. The summed E-state index contributed by atoms with van der Waals surface area (Å²) in [4.78, 5) is 10.5. The zero-order valence-corrected chi connectivity index (χ0v) is 5.97. The summed E-state index contributed by atoms with van der Waals surface area (Å²) in [5, 5.41) is 8.65. The molecule has 1 fully saturated rings. The molecule has 56 valence electrons. The average molecular weight is 140 g/mol. The summed E-state index contributed by atoms with van der Waals surface area (Å²) in [6, 6.07) is 0. The van der Waals surface area contributed by atoms with Crippen LogP contribution in [0, 0.1) is 5.92 Å². The predicted octanol–water partition coefficient (Wildman–Crippen LogP) is 1.82. The molecule has 1 aliphatic rings. The molecule has 0 radical (unpaired) electrons. The lowest BCUT2D eigenvalue weighted by molar-refractivity contribution is -0.140. The lowest BCUT2D eigenvalue weighted by Crippen LogP contribution is -2.18. The van der Waals surface area contributed by atoms with E-state index in [1.54, 1.807) is 0 Å². The molecule has 1 atom stereocenters. The monoisotopic (exact) mass is 140 g/mol. The van der Waals surface area contributed by atoms with Gasteiger partial charge in [0.1, 0.15) is 0 Å². The Balaban J connectivity index is 2.56. The first-order chi connectivity index (χ1) is 4.72. The highest BCUT2D eigenvalue weighted by atomic mass is 16.4. The van der Waals surface area contributed by atoms with Crippen LogP contribution in [0.25, 0.3) is 0 Å². The van der Waals surface area contributed by atoms with Crippen molar-refractivity contribution < 1.29 is 9.90 Å². The van der Waals surface area contributed by atoms with Crippen molar-refractivity contribution in [3.63, 3.8) is 0 Å². The van der Waals surface area contributed by atoms with Crippen LogP contribution in [0.3, 0.4) is 0 Å². The summed E-state index contributed by atoms with van der Waals surface area (Å²) >= 11 is 0. The van der Waals surface area contributed by atoms with Crippen LogP contribution in [0.2, 0.25) is 0 Å². The second-order valence-corrected chi connectivity index (χ2v) is 2.79. The third-order valence-electron chi connectivity index (χ3n) is 2.03. The van der Waals surface area contributed by atoms with E-state index < -0.39 is 5.97 Å². The highest BCUT2D eigenvalue weighted by Gasteiger charge is 2.23. The highest BCUT2D eigenvalue weighted by Crippen LogP contribution is 2.27. The molecule has 0 aromatic rings. The number of hydrogen-bond donors (Lipinski definition) is 1. The Labute approximate surface area is 60.6 Å². The summed E-state index contributed by atoms with van der Waals surface area (Å²) in [7, 11) is 0. The van der Waals surface area contributed by atoms with Gasteiger partial charge in [-0.1, -0.05) is 18.6 Å². The SMILES string of the molecule is C=C1CCCC[C@@H]1C(=O)O. The largest absolute Gasteiger partial charge is 0.481 e. The standard InChI is InChI=1S/C8H12O2/c1-6-4-2-3-5-7(6)8(9)10/h7H,1-5H2,(H,9,10)/t7-/m0/s1. The van der Waals surface area contributed by atoms with Crippen LogP contribution in [0.15, 0.2) is 12.2 Å². The van der Waals surface area contributed by atoms with Gasteiger partial charge < -0.3 is 5.11 Å². The van der Waals surface area contributed by atoms with Crippen LogP contribution in [0.5, 0.6) is 0 Å². The van der Waals surface area contributed by atoms with Gasteiger partial charge >= 0.3 is 5.97 Å². The molecular weight excluding hydrogens is 128 g/mol. The van der Waals surface area contributed by atoms with Gasteiger partial charge in [-0.05, 0) is 19.3 Å². The third kappa shape index (κ3) is 1.38. The van der Waals surface area contributed by atoms with Gasteiger partial charge in [-0.3, -0.25) is 4.79 Å². The van der Waals surface area contributed by atoms with Gasteiger partial charge in [-0.25, -0.2) is 0 Å². The first-order valence-corrected chi connectivity index (χ1v) is 3.62. The molecule has 0 spiro atoms. The Hall–Kier alpha value is -0.790. The van der Waals surface area contributed by atoms with E-state index >= 15 is 0 Å². The zero-order valence-electron chi connectivity index (χ0n) is 5.97. The molecule has 0 aliphatic heterocycles. The van der Waals surface area contributed by atoms with Crippen molar-refractivity contribution in [1.29, 1.82) is 0 Å². The van der Waals surface area contributed by atoms with Crippen LogP contribution in [0.4, 0.5) is 0 Å². The third-order valence-corrected chi connectivity index (χ3v) is 2.03. The lowest BCUT2D eigenvalue weighted by atomic mass is 9.85. The average Bonchev–Trinajstić information content (AvgIpc) is 1.88. The van der Waals surface area contributed by atoms with Gasteiger partial charge in [0.2, 0.25) is 0 Å². The van der Waals surface area contributed by atoms with Gasteiger partial charge in [-0.2, -0.15) is 0 Å². The molecule has 1 N–H and O–H groups in total. The topological polar surface area (TPSA) is 37.3 Å². The minimum atomic E-state index is -0.704. The number of rotatable bonds is 1. The molecule has 0 heterocycles. The van der Waals surface area contributed by atoms with Crippen molar-refractivity contribution in [1.82, 2.24) is 0 Å². The maximum absolute atomic E-state index is 10.5. The maximum atomic E-state index is 10.5. The Kier molecular flexibility index (Phi) is 2.10. The van der Waals surface area contributed by atoms with Crippen LogP contribution < -0.4 is 0 Å². The molecule has 2 nitrogen and oxygen atoms in total. The minimum absolute atomic E-state index is 0.256. The summed E-state index contributed by atoms with van der Waals surface area (Å²) in [6.45, 7) is 3.74. The molecule has 1 rings (SSSR count). The van der Waals surface area contributed by atoms with Gasteiger partial charge in [0, 0.05) is 0 Å². The van der Waals surface area contributed by atoms with E-state index in [2.05, 4.69) is 6.58 Å². The van der Waals surface area contributed by atoms with Crippen molar-refractivity contribution in [2.45, 2.75) is 25.7 Å². The summed E-state index contributed by atoms with van der Waals surface area (Å²) in [5.41, 5.74) is 0.902. The molecule has 0 saturated heterocycles. The molecule has 1 aliphatic carbocycles. The van der Waals surface area contributed by atoms with Gasteiger partial charge in [0.25, 0.3) is 0 Å². The van der Waals surface area contributed by atoms with E-state index in [1.807, 2.05) is 0 Å². The van der Waals surface area contributed by atoms with Crippen molar-refractivity contribution >= 4 is 5.97 Å². The van der Waals surface area contributed by atoms with Crippen molar-refractivity contribution in [3.05, 3.63) is 12.2 Å². The quantitative estimate of drug-likeness (QED) is 0.564. The van der Waals surface area contributed by atoms with Gasteiger partial charge in [0.05, 0.1) is 5.92 Å². The fraction of sp³-hybridized carbons (Fsp3) is 0.625. The molecule has 1 saturated carbocycles. The van der Waals surface area contributed by atoms with Crippen LogP contribution >= 0.6 is 0 Å². The Morgan fingerprint density at radius 2 is 2.30 bits per heavy atom. The number of carboxylic acids is 1. The van der Waals surface area contributed by atoms with E-state index in [9.17, 15) is 4.79 Å². The Morgan fingerprint density at radius 1 is 1.60 bits per heavy atom. The highest BCUT2D eigenvalue weighted by molar-refractivity contribution is 5.73. The lowest BCUT2D eigenvalue weighted by Gasteiger charge is -2.19. The zero-order chi connectivity index (χ0) is 7.56. The van der Waals surface area contributed by atoms with Crippen molar-refractivity contribution in [2.75, 3.05) is 0 Å². The van der Waals surface area contributed by atoms with Crippen LogP contribution in [-0.2, 0) is 4.79 Å². The smallest absolute Gasteiger partial charge is 0.310 e. The molecule has 0 aromatic heterocycles. The second-order valence-electron chi connectivity index (χ2n) is 2.79. The van der Waals surface area contributed by atoms with Gasteiger partial charge in [0.15, 0.2) is 0 Å². The molecule has 0 bridgehead atoms. The van der Waals surface area contributed by atoms with E-state index in [-0.39, 0.29) is 5.92 Å². The minimum Gasteiger partial charge on any atom is -0.481 e. The van der Waals surface area contributed by atoms with E-state index in [0.29, 0.717) is 0 Å². The summed E-state index contributed by atoms with van der Waals surface area (Å²) in [5.74, 6) is -0.960. The first-order valence-electron chi connectivity index (χ1n) is 3.62. The Morgan fingerprint density at radius 3 is 2.70 bits per heavy atom. The van der Waals surface area contributed by atoms with Gasteiger partial charge in [-0.15, -0.1) is 0 Å². The normalized spacial score (nSPS) is 26.4. The number of carbonyl (C=O) groups is 1. The van der Waals surface area contributed by atoms with Crippen molar-refractivity contribution in [3.8, 4) is 0 Å².